The van der Waals surface area contributed by atoms with Crippen molar-refractivity contribution in [2.45, 2.75) is 0 Å². The van der Waals surface area contributed by atoms with Gasteiger partial charge in [0.1, 0.15) is 0 Å². The van der Waals surface area contributed by atoms with E-state index in [0.29, 0.717) is 23.8 Å². The van der Waals surface area contributed by atoms with Crippen LogP contribution in [-0.2, 0) is 0 Å². The summed E-state index contributed by atoms with van der Waals surface area (Å²) < 4.78 is 1.63. The summed E-state index contributed by atoms with van der Waals surface area (Å²) in [5.74, 6) is 1.13. The molecule has 0 aliphatic carbocycles. The van der Waals surface area contributed by atoms with Crippen LogP contribution in [0.1, 0.15) is 10.4 Å². The molecule has 6 nitrogen and oxygen atoms in total. The lowest BCUT2D eigenvalue weighted by Gasteiger charge is -2.27. The fourth-order valence-corrected chi connectivity index (χ4v) is 1.92. The maximum absolute atomic E-state index is 12.0. The Hall–Kier alpha value is -1.63. The molecule has 2 aromatic heterocycles. The van der Waals surface area contributed by atoms with Crippen molar-refractivity contribution in [2.75, 3.05) is 19.6 Å². The van der Waals surface area contributed by atoms with Gasteiger partial charge in [-0.25, -0.2) is 9.67 Å². The zero-order valence-corrected chi connectivity index (χ0v) is 12.9. The number of halogens is 2. The Morgan fingerprint density at radius 2 is 2.19 bits per heavy atom. The molecule has 1 aliphatic heterocycles. The Balaban J connectivity index is 0.00000110. The van der Waals surface area contributed by atoms with Crippen LogP contribution in [-0.4, -0.2) is 40.3 Å². The number of amides is 1. The predicted octanol–water partition coefficient (Wildman–Crippen LogP) is 1.06. The van der Waals surface area contributed by atoms with Crippen molar-refractivity contribution in [1.82, 2.24) is 25.4 Å². The molecule has 1 aliphatic rings. The zero-order valence-electron chi connectivity index (χ0n) is 11.2. The number of hydrogen-bond acceptors (Lipinski definition) is 4. The molecule has 3 rings (SSSR count). The van der Waals surface area contributed by atoms with Crippen LogP contribution < -0.4 is 10.6 Å². The Bertz CT molecular complexity index is 572. The second-order valence-corrected chi connectivity index (χ2v) is 4.59. The summed E-state index contributed by atoms with van der Waals surface area (Å²) in [6.45, 7) is 2.68. The Morgan fingerprint density at radius 1 is 1.38 bits per heavy atom. The normalized spacial score (nSPS) is 13.5. The van der Waals surface area contributed by atoms with Crippen LogP contribution in [0.2, 0.25) is 0 Å². The van der Waals surface area contributed by atoms with Gasteiger partial charge < -0.3 is 10.6 Å². The molecule has 1 amide bonds. The first-order valence-electron chi connectivity index (χ1n) is 6.28. The van der Waals surface area contributed by atoms with Crippen molar-refractivity contribution in [3.63, 3.8) is 0 Å². The first-order valence-corrected chi connectivity index (χ1v) is 6.28. The van der Waals surface area contributed by atoms with Gasteiger partial charge >= 0.3 is 0 Å². The topological polar surface area (TPSA) is 71.8 Å². The van der Waals surface area contributed by atoms with E-state index in [2.05, 4.69) is 20.7 Å². The zero-order chi connectivity index (χ0) is 13.1. The first-order chi connectivity index (χ1) is 9.33. The average Bonchev–Trinajstić information content (AvgIpc) is 2.91. The minimum Gasteiger partial charge on any atom is -0.352 e. The van der Waals surface area contributed by atoms with E-state index in [1.54, 1.807) is 35.4 Å². The maximum Gasteiger partial charge on any atom is 0.251 e. The number of pyridine rings is 1. The highest BCUT2D eigenvalue weighted by molar-refractivity contribution is 5.94. The van der Waals surface area contributed by atoms with Crippen LogP contribution in [0, 0.1) is 5.92 Å². The van der Waals surface area contributed by atoms with Crippen LogP contribution in [0.5, 0.6) is 0 Å². The van der Waals surface area contributed by atoms with Gasteiger partial charge in [0, 0.05) is 49.7 Å². The molecule has 2 N–H and O–H groups in total. The molecule has 2 aromatic rings. The summed E-state index contributed by atoms with van der Waals surface area (Å²) in [7, 11) is 0. The summed E-state index contributed by atoms with van der Waals surface area (Å²) in [4.78, 5) is 16.2. The molecule has 1 fully saturated rings. The number of aromatic nitrogens is 3. The van der Waals surface area contributed by atoms with E-state index < -0.39 is 0 Å². The molecule has 0 radical (unpaired) electrons. The quantitative estimate of drug-likeness (QED) is 0.879. The number of nitrogens with zero attached hydrogens (tertiary/aromatic N) is 3. The lowest BCUT2D eigenvalue weighted by Crippen LogP contribution is -2.48. The lowest BCUT2D eigenvalue weighted by atomic mass is 10.0. The highest BCUT2D eigenvalue weighted by Gasteiger charge is 2.17. The highest BCUT2D eigenvalue weighted by atomic mass is 35.5. The molecule has 0 unspecified atom stereocenters. The standard InChI is InChI=1S/C13H15N5O.2ClH/c19-13(16-9-10-7-14-8-10)11-2-4-15-12(6-11)18-5-1-3-17-18;;/h1-6,10,14H,7-9H2,(H,16,19);2*1H. The van der Waals surface area contributed by atoms with Crippen LogP contribution >= 0.6 is 24.8 Å². The van der Waals surface area contributed by atoms with Crippen molar-refractivity contribution < 1.29 is 4.79 Å². The van der Waals surface area contributed by atoms with E-state index in [1.165, 1.54) is 0 Å². The molecule has 8 heteroatoms. The van der Waals surface area contributed by atoms with Crippen molar-refractivity contribution in [3.05, 3.63) is 42.4 Å². The van der Waals surface area contributed by atoms with Gasteiger partial charge in [-0.05, 0) is 18.2 Å². The van der Waals surface area contributed by atoms with Gasteiger partial charge in [0.25, 0.3) is 5.91 Å². The number of rotatable bonds is 4. The fraction of sp³-hybridized carbons (Fsp3) is 0.308. The Morgan fingerprint density at radius 3 is 2.81 bits per heavy atom. The molecule has 1 saturated heterocycles. The summed E-state index contributed by atoms with van der Waals surface area (Å²) in [5, 5.41) is 10.2. The number of hydrogen-bond donors (Lipinski definition) is 2. The third kappa shape index (κ3) is 4.17. The third-order valence-corrected chi connectivity index (χ3v) is 3.16. The fourth-order valence-electron chi connectivity index (χ4n) is 1.92. The summed E-state index contributed by atoms with van der Waals surface area (Å²) in [6, 6.07) is 5.26. The van der Waals surface area contributed by atoms with E-state index in [-0.39, 0.29) is 30.7 Å². The highest BCUT2D eigenvalue weighted by Crippen LogP contribution is 2.07. The maximum atomic E-state index is 12.0. The lowest BCUT2D eigenvalue weighted by molar-refractivity contribution is 0.0942. The van der Waals surface area contributed by atoms with E-state index in [9.17, 15) is 4.79 Å². The van der Waals surface area contributed by atoms with Crippen molar-refractivity contribution in [1.29, 1.82) is 0 Å². The monoisotopic (exact) mass is 329 g/mol. The second-order valence-electron chi connectivity index (χ2n) is 4.59. The molecule has 0 atom stereocenters. The van der Waals surface area contributed by atoms with Gasteiger partial charge in [-0.3, -0.25) is 4.79 Å². The summed E-state index contributed by atoms with van der Waals surface area (Å²) >= 11 is 0. The van der Waals surface area contributed by atoms with Gasteiger partial charge in [-0.15, -0.1) is 24.8 Å². The molecule has 0 aromatic carbocycles. The van der Waals surface area contributed by atoms with Crippen molar-refractivity contribution >= 4 is 30.7 Å². The summed E-state index contributed by atoms with van der Waals surface area (Å²) in [6.07, 6.45) is 5.10. The average molecular weight is 330 g/mol. The Labute approximate surface area is 135 Å². The molecule has 114 valence electrons. The molecule has 0 spiro atoms. The summed E-state index contributed by atoms with van der Waals surface area (Å²) in [5.41, 5.74) is 0.604. The van der Waals surface area contributed by atoms with Gasteiger partial charge in [-0.2, -0.15) is 5.10 Å². The van der Waals surface area contributed by atoms with Crippen LogP contribution in [0.25, 0.3) is 5.82 Å². The number of carbonyl (C=O) groups is 1. The third-order valence-electron chi connectivity index (χ3n) is 3.16. The molecule has 0 bridgehead atoms. The minimum atomic E-state index is -0.0669. The van der Waals surface area contributed by atoms with E-state index in [4.69, 9.17) is 0 Å². The molecule has 0 saturated carbocycles. The second kappa shape index (κ2) is 7.97. The van der Waals surface area contributed by atoms with Gasteiger partial charge in [-0.1, -0.05) is 0 Å². The van der Waals surface area contributed by atoms with Crippen LogP contribution in [0.3, 0.4) is 0 Å². The van der Waals surface area contributed by atoms with Crippen molar-refractivity contribution in [2.24, 2.45) is 5.92 Å². The largest absolute Gasteiger partial charge is 0.352 e. The van der Waals surface area contributed by atoms with E-state index in [0.717, 1.165) is 13.1 Å². The van der Waals surface area contributed by atoms with E-state index in [1.807, 2.05) is 6.07 Å². The smallest absolute Gasteiger partial charge is 0.251 e. The van der Waals surface area contributed by atoms with Crippen LogP contribution in [0.4, 0.5) is 0 Å². The first kappa shape index (κ1) is 17.4. The van der Waals surface area contributed by atoms with Gasteiger partial charge in [0.05, 0.1) is 0 Å². The predicted molar refractivity (Wildman–Crippen MR) is 84.5 cm³/mol. The SMILES string of the molecule is Cl.Cl.O=C(NCC1CNC1)c1ccnc(-n2cccn2)c1. The van der Waals surface area contributed by atoms with Gasteiger partial charge in [0.2, 0.25) is 0 Å². The molecule has 3 heterocycles. The number of carbonyl (C=O) groups excluding carboxylic acids is 1. The molecule has 21 heavy (non-hydrogen) atoms. The molecular formula is C13H17Cl2N5O. The Kier molecular flexibility index (Phi) is 6.61. The van der Waals surface area contributed by atoms with E-state index >= 15 is 0 Å². The number of nitrogens with one attached hydrogen (secondary N) is 2. The van der Waals surface area contributed by atoms with Gasteiger partial charge in [0.15, 0.2) is 5.82 Å². The van der Waals surface area contributed by atoms with Crippen molar-refractivity contribution in [3.8, 4) is 5.82 Å². The van der Waals surface area contributed by atoms with Crippen LogP contribution in [0.15, 0.2) is 36.8 Å². The minimum absolute atomic E-state index is 0. The molecular weight excluding hydrogens is 313 g/mol.